The van der Waals surface area contributed by atoms with Crippen molar-refractivity contribution in [2.24, 2.45) is 98.6 Å². The van der Waals surface area contributed by atoms with Crippen molar-refractivity contribution >= 4 is 17.7 Å². The largest absolute Gasteiger partial charge is 0.481 e. The van der Waals surface area contributed by atoms with E-state index in [-0.39, 0.29) is 64.2 Å². The Hall–Kier alpha value is -1.55. The lowest BCUT2D eigenvalue weighted by molar-refractivity contribution is -0.174. The number of carbonyl (C=O) groups excluding carboxylic acids is 2. The molecule has 0 spiro atoms. The summed E-state index contributed by atoms with van der Waals surface area (Å²) in [4.78, 5) is 38.7. The summed E-state index contributed by atoms with van der Waals surface area (Å²) in [5, 5.41) is 57.3. The molecule has 0 bridgehead atoms. The predicted octanol–water partition coefficient (Wildman–Crippen LogP) is 9.75. The molecule has 0 saturated heterocycles. The number of hydrogen-bond acceptors (Lipinski definition) is 7. The van der Waals surface area contributed by atoms with Crippen LogP contribution in [-0.2, 0) is 14.4 Å². The maximum Gasteiger partial charge on any atom is 0.306 e. The zero-order chi connectivity index (χ0) is 45.9. The first-order chi connectivity index (χ1) is 30.3. The highest BCUT2D eigenvalue weighted by atomic mass is 16.4. The summed E-state index contributed by atoms with van der Waals surface area (Å²) < 4.78 is 0. The lowest BCUT2D eigenvalue weighted by atomic mass is 9.43. The van der Waals surface area contributed by atoms with Crippen LogP contribution in [0.4, 0.5) is 0 Å². The van der Waals surface area contributed by atoms with E-state index < -0.39 is 11.9 Å². The fourth-order valence-electron chi connectivity index (χ4n) is 19.0. The topological polar surface area (TPSA) is 164 Å². The number of ketones is 1. The highest BCUT2D eigenvalue weighted by Gasteiger charge is 2.64. The van der Waals surface area contributed by atoms with Crippen LogP contribution < -0.4 is 5.32 Å². The quantitative estimate of drug-likeness (QED) is 0.0835. The molecule has 6 N–H and O–H groups in total. The van der Waals surface area contributed by atoms with Crippen LogP contribution >= 0.6 is 0 Å². The van der Waals surface area contributed by atoms with E-state index in [0.717, 1.165) is 83.5 Å². The van der Waals surface area contributed by atoms with Crippen LogP contribution in [0.25, 0.3) is 0 Å². The number of nitrogens with one attached hydrogen (secondary N) is 1. The first-order valence-corrected chi connectivity index (χ1v) is 27.0. The van der Waals surface area contributed by atoms with Crippen molar-refractivity contribution in [2.45, 2.75) is 220 Å². The van der Waals surface area contributed by atoms with E-state index in [9.17, 15) is 39.9 Å². The number of unbranched alkanes of at least 4 members (excludes halogenated alkanes) is 1. The van der Waals surface area contributed by atoms with Gasteiger partial charge >= 0.3 is 5.97 Å². The molecule has 8 aliphatic rings. The summed E-state index contributed by atoms with van der Waals surface area (Å²) in [5.41, 5.74) is 0.782. The third kappa shape index (κ3) is 8.96. The third-order valence-electron chi connectivity index (χ3n) is 22.7. The number of carboxylic acids is 1. The number of aliphatic carboxylic acids is 1. The first-order valence-electron chi connectivity index (χ1n) is 27.0. The Labute approximate surface area is 386 Å². The van der Waals surface area contributed by atoms with Gasteiger partial charge in [0.1, 0.15) is 5.78 Å². The van der Waals surface area contributed by atoms with Gasteiger partial charge in [0, 0.05) is 25.8 Å². The van der Waals surface area contributed by atoms with Gasteiger partial charge in [-0.15, -0.1) is 0 Å². The molecule has 8 saturated carbocycles. The van der Waals surface area contributed by atoms with E-state index >= 15 is 0 Å². The fraction of sp³-hybridized carbons (Fsp3) is 0.945. The molecule has 0 aromatic rings. The molecule has 0 aromatic carbocycles. The van der Waals surface area contributed by atoms with Gasteiger partial charge in [-0.05, 0) is 221 Å². The summed E-state index contributed by atoms with van der Waals surface area (Å²) in [6, 6.07) is 0. The van der Waals surface area contributed by atoms with Gasteiger partial charge in [0.25, 0.3) is 0 Å². The second-order valence-corrected chi connectivity index (χ2v) is 25.6. The maximum absolute atomic E-state index is 13.3. The number of Topliss-reactive ketones (excluding diaryl/α,β-unsaturated/α-hetero) is 1. The fourth-order valence-corrected chi connectivity index (χ4v) is 19.0. The normalized spacial score (nSPS) is 47.4. The summed E-state index contributed by atoms with van der Waals surface area (Å²) >= 11 is 0. The van der Waals surface area contributed by atoms with Crippen LogP contribution in [0.15, 0.2) is 0 Å². The zero-order valence-electron chi connectivity index (χ0n) is 41.0. The number of carbonyl (C=O) groups is 3. The van der Waals surface area contributed by atoms with Crippen molar-refractivity contribution in [3.63, 3.8) is 0 Å². The van der Waals surface area contributed by atoms with Gasteiger partial charge in [-0.25, -0.2) is 0 Å². The Bertz CT molecular complexity index is 1670. The number of carboxylic acid groups (broad SMARTS) is 1. The molecule has 8 rings (SSSR count). The SMILES string of the molecule is C[C@H](CCC(=O)CC(CCCCNC(=O)CC[C@@H](C)C1CCC2C3C(O)CC4C[C@H](O)CC[C@]4(C)C3CC[C@@]21C)C(=O)O)C1CCC2C3C(O)CC4C[C@H](O)CC[C@]4(C)C3CC[C@@]21C. The van der Waals surface area contributed by atoms with Crippen LogP contribution in [0.2, 0.25) is 0 Å². The van der Waals surface area contributed by atoms with Gasteiger partial charge in [0.15, 0.2) is 0 Å². The second kappa shape index (κ2) is 19.1. The van der Waals surface area contributed by atoms with Gasteiger partial charge in [-0.3, -0.25) is 14.4 Å². The van der Waals surface area contributed by atoms with Crippen molar-refractivity contribution in [3.8, 4) is 0 Å². The summed E-state index contributed by atoms with van der Waals surface area (Å²) in [7, 11) is 0. The Morgan fingerprint density at radius 1 is 0.562 bits per heavy atom. The summed E-state index contributed by atoms with van der Waals surface area (Å²) in [6.45, 7) is 15.0. The molecule has 0 aromatic heterocycles. The zero-order valence-corrected chi connectivity index (χ0v) is 41.0. The van der Waals surface area contributed by atoms with Crippen molar-refractivity contribution < 1.29 is 39.9 Å². The molecular weight excluding hydrogens is 803 g/mol. The van der Waals surface area contributed by atoms with E-state index in [2.05, 4.69) is 46.9 Å². The van der Waals surface area contributed by atoms with Crippen LogP contribution in [0, 0.1) is 98.6 Å². The Morgan fingerprint density at radius 3 is 1.50 bits per heavy atom. The maximum atomic E-state index is 13.3. The number of aliphatic hydroxyl groups excluding tert-OH is 4. The minimum atomic E-state index is -0.904. The third-order valence-corrected chi connectivity index (χ3v) is 22.7. The van der Waals surface area contributed by atoms with Gasteiger partial charge in [0.2, 0.25) is 5.91 Å². The molecule has 364 valence electrons. The first kappa shape index (κ1) is 48.9. The highest BCUT2D eigenvalue weighted by molar-refractivity contribution is 5.83. The number of fused-ring (bicyclic) bond motifs is 10. The lowest BCUT2D eigenvalue weighted by Crippen LogP contribution is -2.58. The number of rotatable bonds is 16. The van der Waals surface area contributed by atoms with E-state index in [0.29, 0.717) is 110 Å². The molecular formula is C55H91NO8. The van der Waals surface area contributed by atoms with Gasteiger partial charge in [-0.2, -0.15) is 0 Å². The number of aliphatic hydroxyl groups is 4. The molecule has 64 heavy (non-hydrogen) atoms. The van der Waals surface area contributed by atoms with Crippen LogP contribution in [0.5, 0.6) is 0 Å². The average Bonchev–Trinajstić information content (AvgIpc) is 3.79. The van der Waals surface area contributed by atoms with Crippen LogP contribution in [0.3, 0.4) is 0 Å². The van der Waals surface area contributed by atoms with Crippen LogP contribution in [-0.4, -0.2) is 74.2 Å². The Balaban J connectivity index is 0.733. The molecule has 0 aliphatic heterocycles. The molecule has 1 amide bonds. The summed E-state index contributed by atoms with van der Waals surface area (Å²) in [5.74, 6) is 3.96. The van der Waals surface area contributed by atoms with E-state index in [4.69, 9.17) is 0 Å². The molecule has 13 unspecified atom stereocenters. The highest BCUT2D eigenvalue weighted by Crippen LogP contribution is 2.70. The predicted molar refractivity (Wildman–Crippen MR) is 250 cm³/mol. The van der Waals surface area contributed by atoms with Crippen molar-refractivity contribution in [1.29, 1.82) is 0 Å². The molecule has 8 fully saturated rings. The molecule has 8 aliphatic carbocycles. The molecule has 9 heteroatoms. The van der Waals surface area contributed by atoms with E-state index in [1.54, 1.807) is 0 Å². The van der Waals surface area contributed by atoms with Gasteiger partial charge < -0.3 is 30.8 Å². The average molecular weight is 894 g/mol. The van der Waals surface area contributed by atoms with Gasteiger partial charge in [-0.1, -0.05) is 48.0 Å². The van der Waals surface area contributed by atoms with E-state index in [1.807, 2.05) is 0 Å². The monoisotopic (exact) mass is 894 g/mol. The van der Waals surface area contributed by atoms with E-state index in [1.165, 1.54) is 32.1 Å². The lowest BCUT2D eigenvalue weighted by Gasteiger charge is -2.62. The van der Waals surface area contributed by atoms with Crippen molar-refractivity contribution in [3.05, 3.63) is 0 Å². The number of hydrogen-bond donors (Lipinski definition) is 6. The second-order valence-electron chi connectivity index (χ2n) is 25.6. The Morgan fingerprint density at radius 2 is 1.02 bits per heavy atom. The molecule has 0 heterocycles. The Kier molecular flexibility index (Phi) is 14.6. The number of amides is 1. The van der Waals surface area contributed by atoms with Gasteiger partial charge in [0.05, 0.1) is 30.3 Å². The smallest absolute Gasteiger partial charge is 0.306 e. The molecule has 0 radical (unpaired) electrons. The minimum Gasteiger partial charge on any atom is -0.481 e. The minimum absolute atomic E-state index is 0.0459. The van der Waals surface area contributed by atoms with Crippen molar-refractivity contribution in [1.82, 2.24) is 5.32 Å². The molecule has 9 nitrogen and oxygen atoms in total. The van der Waals surface area contributed by atoms with Crippen LogP contribution in [0.1, 0.15) is 196 Å². The van der Waals surface area contributed by atoms with Crippen molar-refractivity contribution in [2.75, 3.05) is 6.54 Å². The summed E-state index contributed by atoms with van der Waals surface area (Å²) in [6.07, 6.45) is 20.0. The standard InChI is InChI=1S/C55H91NO8/c1-32(40-13-15-42-49-44(20-24-54(40,42)5)52(3)22-18-38(58)28-35(52)30-46(49)60)10-12-37(57)27-34(51(63)64)9-7-8-26-56-48(62)17-11-33(2)41-14-16-43-50-45(21-25-55(41,43)6)53(4)23-19-39(59)29-36(53)31-47(50)61/h32-36,38-47,49-50,58-61H,7-31H2,1-6H3,(H,56,62)(H,63,64)/t32-,33-,34?,35?,36?,38-,39-,40?,41?,42?,43?,44?,45?,46?,47?,49?,50?,52+,53+,54-,55-/m1/s1. The molecule has 21 atom stereocenters.